The molecule has 1 heterocycles. The number of amides is 1. The second-order valence-corrected chi connectivity index (χ2v) is 5.95. The molecule has 1 amide bonds. The van der Waals surface area contributed by atoms with Crippen LogP contribution in [0.1, 0.15) is 26.7 Å². The molecule has 1 aliphatic heterocycles. The highest BCUT2D eigenvalue weighted by molar-refractivity contribution is 5.84. The van der Waals surface area contributed by atoms with E-state index in [9.17, 15) is 9.59 Å². The predicted octanol–water partition coefficient (Wildman–Crippen LogP) is 2.30. The number of nitrogens with zero attached hydrogens (tertiary/aromatic N) is 1. The molecule has 0 spiro atoms. The largest absolute Gasteiger partial charge is 0.497 e. The van der Waals surface area contributed by atoms with Crippen LogP contribution in [0.2, 0.25) is 0 Å². The van der Waals surface area contributed by atoms with E-state index in [1.807, 2.05) is 43.0 Å². The predicted molar refractivity (Wildman–Crippen MR) is 92.0 cm³/mol. The van der Waals surface area contributed by atoms with Gasteiger partial charge in [-0.15, -0.1) is 0 Å². The average molecular weight is 334 g/mol. The molecule has 1 aliphatic rings. The summed E-state index contributed by atoms with van der Waals surface area (Å²) in [6.07, 6.45) is 1.33. The van der Waals surface area contributed by atoms with Crippen molar-refractivity contribution in [2.45, 2.75) is 32.7 Å². The molecule has 0 saturated carbocycles. The molecular formula is C18H26N2O4. The zero-order valence-corrected chi connectivity index (χ0v) is 14.6. The van der Waals surface area contributed by atoms with Crippen LogP contribution >= 0.6 is 0 Å². The normalized spacial score (nSPS) is 16.4. The lowest BCUT2D eigenvalue weighted by Gasteiger charge is -2.33. The van der Waals surface area contributed by atoms with Crippen molar-refractivity contribution in [2.75, 3.05) is 32.1 Å². The zero-order valence-electron chi connectivity index (χ0n) is 14.6. The lowest BCUT2D eigenvalue weighted by Crippen LogP contribution is -2.46. The summed E-state index contributed by atoms with van der Waals surface area (Å²) in [6, 6.07) is 7.15. The number of ether oxygens (including phenoxy) is 2. The van der Waals surface area contributed by atoms with E-state index < -0.39 is 0 Å². The van der Waals surface area contributed by atoms with Crippen LogP contribution in [0.3, 0.4) is 0 Å². The Balaban J connectivity index is 1.84. The van der Waals surface area contributed by atoms with Crippen molar-refractivity contribution in [2.24, 2.45) is 5.92 Å². The van der Waals surface area contributed by atoms with Crippen LogP contribution in [-0.4, -0.2) is 49.6 Å². The van der Waals surface area contributed by atoms with Gasteiger partial charge in [0, 0.05) is 18.8 Å². The summed E-state index contributed by atoms with van der Waals surface area (Å²) in [7, 11) is 1.62. The Hall–Kier alpha value is -2.24. The number of carbonyl (C=O) groups excluding carboxylic acids is 2. The van der Waals surface area contributed by atoms with Crippen LogP contribution in [0.5, 0.6) is 5.75 Å². The number of rotatable bonds is 6. The maximum atomic E-state index is 12.6. The van der Waals surface area contributed by atoms with Gasteiger partial charge in [-0.2, -0.15) is 0 Å². The van der Waals surface area contributed by atoms with E-state index in [1.54, 1.807) is 7.11 Å². The van der Waals surface area contributed by atoms with E-state index in [-0.39, 0.29) is 23.8 Å². The molecule has 1 N–H and O–H groups in total. The fraction of sp³-hybridized carbons (Fsp3) is 0.556. The van der Waals surface area contributed by atoms with E-state index in [2.05, 4.69) is 5.32 Å². The molecule has 132 valence electrons. The van der Waals surface area contributed by atoms with Gasteiger partial charge in [-0.1, -0.05) is 0 Å². The van der Waals surface area contributed by atoms with Crippen LogP contribution in [0.4, 0.5) is 5.69 Å². The summed E-state index contributed by atoms with van der Waals surface area (Å²) in [5, 5.41) is 3.21. The van der Waals surface area contributed by atoms with Gasteiger partial charge in [-0.3, -0.25) is 9.59 Å². The lowest BCUT2D eigenvalue weighted by molar-refractivity contribution is -0.151. The topological polar surface area (TPSA) is 67.9 Å². The number of carbonyl (C=O) groups is 2. The first-order valence-electron chi connectivity index (χ1n) is 8.41. The first kappa shape index (κ1) is 18.1. The Morgan fingerprint density at radius 1 is 1.25 bits per heavy atom. The molecule has 0 aliphatic carbocycles. The highest BCUT2D eigenvalue weighted by atomic mass is 16.5. The highest BCUT2D eigenvalue weighted by Gasteiger charge is 2.29. The Morgan fingerprint density at radius 3 is 2.42 bits per heavy atom. The minimum atomic E-state index is -0.322. The van der Waals surface area contributed by atoms with Gasteiger partial charge in [0.2, 0.25) is 5.91 Å². The van der Waals surface area contributed by atoms with Gasteiger partial charge in [0.15, 0.2) is 0 Å². The SMILES string of the molecule is CCOC(=O)C1CCN(C(=O)C(C)Nc2ccc(OC)cc2)CC1. The second-order valence-electron chi connectivity index (χ2n) is 5.95. The standard InChI is InChI=1S/C18H26N2O4/c1-4-24-18(22)14-9-11-20(12-10-14)17(21)13(2)19-15-5-7-16(23-3)8-6-15/h5-8,13-14,19H,4,9-12H2,1-3H3. The van der Waals surface area contributed by atoms with Gasteiger partial charge in [0.05, 0.1) is 19.6 Å². The first-order valence-corrected chi connectivity index (χ1v) is 8.41. The van der Waals surface area contributed by atoms with Crippen molar-refractivity contribution in [3.8, 4) is 5.75 Å². The van der Waals surface area contributed by atoms with Gasteiger partial charge in [0.25, 0.3) is 0 Å². The number of hydrogen-bond acceptors (Lipinski definition) is 5. The molecule has 1 atom stereocenters. The summed E-state index contributed by atoms with van der Waals surface area (Å²) < 4.78 is 10.2. The Labute approximate surface area is 143 Å². The highest BCUT2D eigenvalue weighted by Crippen LogP contribution is 2.20. The van der Waals surface area contributed by atoms with Crippen molar-refractivity contribution >= 4 is 17.6 Å². The summed E-state index contributed by atoms with van der Waals surface area (Å²) in [6.45, 7) is 5.25. The second kappa shape index (κ2) is 8.57. The number of anilines is 1. The van der Waals surface area contributed by atoms with Crippen LogP contribution in [0, 0.1) is 5.92 Å². The lowest BCUT2D eigenvalue weighted by atomic mass is 9.96. The van der Waals surface area contributed by atoms with E-state index in [0.717, 1.165) is 11.4 Å². The van der Waals surface area contributed by atoms with E-state index in [1.165, 1.54) is 0 Å². The fourth-order valence-corrected chi connectivity index (χ4v) is 2.87. The maximum absolute atomic E-state index is 12.6. The van der Waals surface area contributed by atoms with E-state index >= 15 is 0 Å². The molecule has 1 unspecified atom stereocenters. The molecule has 24 heavy (non-hydrogen) atoms. The quantitative estimate of drug-likeness (QED) is 0.809. The smallest absolute Gasteiger partial charge is 0.309 e. The average Bonchev–Trinajstić information content (AvgIpc) is 2.62. The van der Waals surface area contributed by atoms with Crippen LogP contribution in [0.25, 0.3) is 0 Å². The maximum Gasteiger partial charge on any atom is 0.309 e. The zero-order chi connectivity index (χ0) is 17.5. The Bertz CT molecular complexity index is 551. The summed E-state index contributed by atoms with van der Waals surface area (Å²) in [5.74, 6) is 0.599. The third-order valence-electron chi connectivity index (χ3n) is 4.27. The van der Waals surface area contributed by atoms with Crippen molar-refractivity contribution in [1.29, 1.82) is 0 Å². The number of esters is 1. The number of methoxy groups -OCH3 is 1. The molecule has 6 nitrogen and oxygen atoms in total. The first-order chi connectivity index (χ1) is 11.5. The van der Waals surface area contributed by atoms with Gasteiger partial charge < -0.3 is 19.7 Å². The van der Waals surface area contributed by atoms with Gasteiger partial charge >= 0.3 is 5.97 Å². The van der Waals surface area contributed by atoms with Crippen LogP contribution in [-0.2, 0) is 14.3 Å². The van der Waals surface area contributed by atoms with Crippen LogP contribution < -0.4 is 10.1 Å². The molecule has 6 heteroatoms. The monoisotopic (exact) mass is 334 g/mol. The Kier molecular flexibility index (Phi) is 6.46. The molecule has 1 fully saturated rings. The van der Waals surface area contributed by atoms with Crippen molar-refractivity contribution in [1.82, 2.24) is 4.90 Å². The minimum absolute atomic E-state index is 0.0492. The number of piperidine rings is 1. The van der Waals surface area contributed by atoms with Crippen molar-refractivity contribution in [3.05, 3.63) is 24.3 Å². The molecule has 0 bridgehead atoms. The number of benzene rings is 1. The molecule has 1 saturated heterocycles. The molecular weight excluding hydrogens is 308 g/mol. The number of likely N-dealkylation sites (tertiary alicyclic amines) is 1. The third kappa shape index (κ3) is 4.63. The van der Waals surface area contributed by atoms with Crippen molar-refractivity contribution < 1.29 is 19.1 Å². The summed E-state index contributed by atoms with van der Waals surface area (Å²) in [4.78, 5) is 26.1. The number of nitrogens with one attached hydrogen (secondary N) is 1. The minimum Gasteiger partial charge on any atom is -0.497 e. The number of hydrogen-bond donors (Lipinski definition) is 1. The van der Waals surface area contributed by atoms with Crippen molar-refractivity contribution in [3.63, 3.8) is 0 Å². The molecule has 0 aromatic heterocycles. The van der Waals surface area contributed by atoms with Gasteiger partial charge in [0.1, 0.15) is 11.8 Å². The van der Waals surface area contributed by atoms with E-state index in [4.69, 9.17) is 9.47 Å². The van der Waals surface area contributed by atoms with E-state index in [0.29, 0.717) is 32.5 Å². The molecule has 1 aromatic carbocycles. The third-order valence-corrected chi connectivity index (χ3v) is 4.27. The molecule has 1 aromatic rings. The van der Waals surface area contributed by atoms with Crippen LogP contribution in [0.15, 0.2) is 24.3 Å². The molecule has 2 rings (SSSR count). The fourth-order valence-electron chi connectivity index (χ4n) is 2.87. The summed E-state index contributed by atoms with van der Waals surface area (Å²) in [5.41, 5.74) is 0.873. The molecule has 0 radical (unpaired) electrons. The Morgan fingerprint density at radius 2 is 1.88 bits per heavy atom. The van der Waals surface area contributed by atoms with Gasteiger partial charge in [-0.25, -0.2) is 0 Å². The van der Waals surface area contributed by atoms with Gasteiger partial charge in [-0.05, 0) is 51.0 Å². The summed E-state index contributed by atoms with van der Waals surface area (Å²) >= 11 is 0.